The molecule has 0 amide bonds. The van der Waals surface area contributed by atoms with Crippen LogP contribution in [0.3, 0.4) is 0 Å². The Hall–Kier alpha value is -3.37. The van der Waals surface area contributed by atoms with Gasteiger partial charge in [-0.05, 0) is 36.4 Å². The number of ether oxygens (including phenoxy) is 1. The lowest BCUT2D eigenvalue weighted by atomic mass is 10.2. The molecule has 146 valence electrons. The maximum atomic E-state index is 12.4. The Morgan fingerprint density at radius 1 is 1.00 bits per heavy atom. The van der Waals surface area contributed by atoms with Crippen LogP contribution in [0.2, 0.25) is 0 Å². The molecule has 0 aliphatic rings. The maximum Gasteiger partial charge on any atom is 0.263 e. The summed E-state index contributed by atoms with van der Waals surface area (Å²) in [5.41, 5.74) is 3.88. The van der Waals surface area contributed by atoms with Crippen LogP contribution in [0.1, 0.15) is 5.56 Å². The zero-order valence-electron chi connectivity index (χ0n) is 14.9. The topological polar surface area (TPSA) is 123 Å². The van der Waals surface area contributed by atoms with E-state index in [1.54, 1.807) is 36.4 Å². The Labute approximate surface area is 162 Å². The Morgan fingerprint density at radius 2 is 1.75 bits per heavy atom. The predicted octanol–water partition coefficient (Wildman–Crippen LogP) is 2.54. The number of rotatable bonds is 8. The van der Waals surface area contributed by atoms with E-state index in [4.69, 9.17) is 9.57 Å². The van der Waals surface area contributed by atoms with Gasteiger partial charge in [-0.15, -0.1) is 10.2 Å². The van der Waals surface area contributed by atoms with E-state index in [9.17, 15) is 13.5 Å². The van der Waals surface area contributed by atoms with E-state index in [0.717, 1.165) is 0 Å². The van der Waals surface area contributed by atoms with Gasteiger partial charge in [-0.3, -0.25) is 15.0 Å². The second kappa shape index (κ2) is 8.55. The van der Waals surface area contributed by atoms with Gasteiger partial charge in [0.25, 0.3) is 10.0 Å². The van der Waals surface area contributed by atoms with Crippen LogP contribution >= 0.6 is 0 Å². The summed E-state index contributed by atoms with van der Waals surface area (Å²) >= 11 is 0. The molecule has 0 aliphatic heterocycles. The molecule has 0 unspecified atom stereocenters. The Bertz CT molecular complexity index is 1020. The molecule has 1 heterocycles. The standard InChI is InChI=1S/C18H18N4O5S/c1-26-18-11-10-17(19-20-18)22-28(24,25)15-8-6-14(7-9-15)21-27-12-13-4-2-3-5-16(13)23/h2-11,21,23H,12H2,1H3,(H,19,22). The quantitative estimate of drug-likeness (QED) is 0.491. The number of aromatic hydroxyl groups is 1. The van der Waals surface area contributed by atoms with Crippen molar-refractivity contribution in [3.8, 4) is 11.6 Å². The first-order chi connectivity index (χ1) is 13.5. The lowest BCUT2D eigenvalue weighted by Crippen LogP contribution is -2.14. The van der Waals surface area contributed by atoms with Crippen LogP contribution in [0.5, 0.6) is 11.6 Å². The number of phenolic OH excluding ortho intramolecular Hbond substituents is 1. The molecular weight excluding hydrogens is 384 g/mol. The second-order valence-electron chi connectivity index (χ2n) is 5.61. The van der Waals surface area contributed by atoms with Crippen molar-refractivity contribution in [1.29, 1.82) is 0 Å². The van der Waals surface area contributed by atoms with E-state index in [-0.39, 0.29) is 28.9 Å². The first-order valence-electron chi connectivity index (χ1n) is 8.13. The SMILES string of the molecule is COc1ccc(NS(=O)(=O)c2ccc(NOCc3ccccc3O)cc2)nn1. The Balaban J connectivity index is 1.60. The van der Waals surface area contributed by atoms with Crippen LogP contribution in [-0.2, 0) is 21.5 Å². The number of anilines is 2. The molecule has 3 N–H and O–H groups in total. The summed E-state index contributed by atoms with van der Waals surface area (Å²) in [4.78, 5) is 5.38. The van der Waals surface area contributed by atoms with Crippen LogP contribution in [0.15, 0.2) is 65.6 Å². The van der Waals surface area contributed by atoms with Crippen LogP contribution in [-0.4, -0.2) is 30.8 Å². The molecule has 10 heteroatoms. The van der Waals surface area contributed by atoms with E-state index in [2.05, 4.69) is 20.4 Å². The summed E-state index contributed by atoms with van der Waals surface area (Å²) in [6, 6.07) is 15.7. The second-order valence-corrected chi connectivity index (χ2v) is 7.29. The monoisotopic (exact) mass is 402 g/mol. The minimum absolute atomic E-state index is 0.0522. The van der Waals surface area contributed by atoms with Gasteiger partial charge in [0.2, 0.25) is 5.88 Å². The third-order valence-electron chi connectivity index (χ3n) is 3.66. The highest BCUT2D eigenvalue weighted by molar-refractivity contribution is 7.92. The van der Waals surface area contributed by atoms with Gasteiger partial charge in [-0.2, -0.15) is 0 Å². The summed E-state index contributed by atoms with van der Waals surface area (Å²) < 4.78 is 32.0. The normalized spacial score (nSPS) is 11.0. The van der Waals surface area contributed by atoms with Crippen molar-refractivity contribution in [1.82, 2.24) is 10.2 Å². The van der Waals surface area contributed by atoms with Crippen molar-refractivity contribution in [2.24, 2.45) is 0 Å². The highest BCUT2D eigenvalue weighted by atomic mass is 32.2. The molecule has 2 aromatic carbocycles. The first kappa shape index (κ1) is 19.4. The molecule has 1 aromatic heterocycles. The molecule has 28 heavy (non-hydrogen) atoms. The molecule has 0 saturated heterocycles. The van der Waals surface area contributed by atoms with Crippen molar-refractivity contribution >= 4 is 21.5 Å². The van der Waals surface area contributed by atoms with E-state index < -0.39 is 10.0 Å². The fourth-order valence-electron chi connectivity index (χ4n) is 2.21. The minimum Gasteiger partial charge on any atom is -0.508 e. The highest BCUT2D eigenvalue weighted by Gasteiger charge is 2.15. The molecule has 9 nitrogen and oxygen atoms in total. The number of nitrogens with zero attached hydrogens (tertiary/aromatic N) is 2. The molecule has 0 saturated carbocycles. The van der Waals surface area contributed by atoms with E-state index in [1.165, 1.54) is 31.4 Å². The van der Waals surface area contributed by atoms with Gasteiger partial charge in [0.05, 0.1) is 17.7 Å². The number of methoxy groups -OCH3 is 1. The number of hydrogen-bond donors (Lipinski definition) is 3. The zero-order valence-corrected chi connectivity index (χ0v) is 15.7. The highest BCUT2D eigenvalue weighted by Crippen LogP contribution is 2.19. The predicted molar refractivity (Wildman–Crippen MR) is 102 cm³/mol. The molecule has 0 spiro atoms. The Kier molecular flexibility index (Phi) is 5.92. The Morgan fingerprint density at radius 3 is 2.39 bits per heavy atom. The van der Waals surface area contributed by atoms with Gasteiger partial charge in [0.15, 0.2) is 5.82 Å². The fraction of sp³-hybridized carbons (Fsp3) is 0.111. The molecule has 0 fully saturated rings. The number of hydrogen-bond acceptors (Lipinski definition) is 8. The molecule has 3 rings (SSSR count). The summed E-state index contributed by atoms with van der Waals surface area (Å²) in [5, 5.41) is 17.1. The van der Waals surface area contributed by atoms with Crippen molar-refractivity contribution in [3.05, 3.63) is 66.2 Å². The smallest absolute Gasteiger partial charge is 0.263 e. The van der Waals surface area contributed by atoms with Gasteiger partial charge >= 0.3 is 0 Å². The van der Waals surface area contributed by atoms with Gasteiger partial charge in [0, 0.05) is 11.6 Å². The summed E-state index contributed by atoms with van der Waals surface area (Å²) in [6.45, 7) is 0.143. The van der Waals surface area contributed by atoms with E-state index >= 15 is 0 Å². The van der Waals surface area contributed by atoms with Gasteiger partial charge in [0.1, 0.15) is 12.4 Å². The molecule has 0 bridgehead atoms. The third kappa shape index (κ3) is 4.87. The van der Waals surface area contributed by atoms with Crippen molar-refractivity contribution in [2.45, 2.75) is 11.5 Å². The number of aromatic nitrogens is 2. The van der Waals surface area contributed by atoms with Crippen molar-refractivity contribution < 1.29 is 23.1 Å². The summed E-state index contributed by atoms with van der Waals surface area (Å²) in [7, 11) is -2.37. The van der Waals surface area contributed by atoms with Crippen LogP contribution < -0.4 is 14.9 Å². The van der Waals surface area contributed by atoms with Crippen molar-refractivity contribution in [2.75, 3.05) is 17.3 Å². The number of benzene rings is 2. The summed E-state index contributed by atoms with van der Waals surface area (Å²) in [6.07, 6.45) is 0. The molecular formula is C18H18N4O5S. The summed E-state index contributed by atoms with van der Waals surface area (Å²) in [5.74, 6) is 0.495. The third-order valence-corrected chi connectivity index (χ3v) is 5.03. The number of sulfonamides is 1. The molecule has 0 atom stereocenters. The molecule has 0 aliphatic carbocycles. The fourth-order valence-corrected chi connectivity index (χ4v) is 3.21. The largest absolute Gasteiger partial charge is 0.508 e. The average Bonchev–Trinajstić information content (AvgIpc) is 2.70. The minimum atomic E-state index is -3.81. The van der Waals surface area contributed by atoms with Gasteiger partial charge < -0.3 is 9.84 Å². The first-order valence-corrected chi connectivity index (χ1v) is 9.61. The lowest BCUT2D eigenvalue weighted by Gasteiger charge is -2.10. The average molecular weight is 402 g/mol. The van der Waals surface area contributed by atoms with Crippen LogP contribution in [0.25, 0.3) is 0 Å². The maximum absolute atomic E-state index is 12.4. The van der Waals surface area contributed by atoms with Gasteiger partial charge in [-0.1, -0.05) is 18.2 Å². The van der Waals surface area contributed by atoms with Crippen LogP contribution in [0, 0.1) is 0 Å². The van der Waals surface area contributed by atoms with E-state index in [0.29, 0.717) is 11.3 Å². The number of para-hydroxylation sites is 1. The van der Waals surface area contributed by atoms with E-state index in [1.807, 2.05) is 0 Å². The number of nitrogens with one attached hydrogen (secondary N) is 2. The molecule has 0 radical (unpaired) electrons. The van der Waals surface area contributed by atoms with Crippen LogP contribution in [0.4, 0.5) is 11.5 Å². The number of phenols is 1. The van der Waals surface area contributed by atoms with Crippen molar-refractivity contribution in [3.63, 3.8) is 0 Å². The zero-order chi connectivity index (χ0) is 20.0. The van der Waals surface area contributed by atoms with Gasteiger partial charge in [-0.25, -0.2) is 8.42 Å². The molecule has 3 aromatic rings. The lowest BCUT2D eigenvalue weighted by molar-refractivity contribution is 0.177.